The van der Waals surface area contributed by atoms with Gasteiger partial charge in [-0.2, -0.15) is 4.31 Å². The smallest absolute Gasteiger partial charge is 0.249 e. The number of rotatable bonds is 8. The fourth-order valence-electron chi connectivity index (χ4n) is 4.45. The van der Waals surface area contributed by atoms with E-state index in [2.05, 4.69) is 21.2 Å². The van der Waals surface area contributed by atoms with Crippen LogP contribution in [0.4, 0.5) is 0 Å². The number of primary amides is 1. The number of halogens is 2. The third-order valence-electron chi connectivity index (χ3n) is 6.24. The molecule has 0 bridgehead atoms. The molecule has 3 N–H and O–H groups in total. The molecule has 3 rings (SSSR count). The summed E-state index contributed by atoms with van der Waals surface area (Å²) in [4.78, 5) is 25.8. The molecule has 200 valence electrons. The number of nitrogens with zero attached hydrogens (tertiary/aromatic N) is 1. The van der Waals surface area contributed by atoms with Gasteiger partial charge in [0, 0.05) is 16.1 Å². The fraction of sp³-hybridized carbons (Fsp3) is 0.407. The Morgan fingerprint density at radius 3 is 2.22 bits per heavy atom. The van der Waals surface area contributed by atoms with E-state index in [9.17, 15) is 18.0 Å². The summed E-state index contributed by atoms with van der Waals surface area (Å²) in [5.41, 5.74) is 5.84. The Balaban J connectivity index is 2.20. The van der Waals surface area contributed by atoms with Gasteiger partial charge in [-0.05, 0) is 47.6 Å². The summed E-state index contributed by atoms with van der Waals surface area (Å²) >= 11 is 9.77. The molecule has 2 aromatic carbocycles. The van der Waals surface area contributed by atoms with Crippen LogP contribution in [-0.2, 0) is 19.6 Å². The van der Waals surface area contributed by atoms with Crippen LogP contribution in [0.5, 0.6) is 0 Å². The minimum absolute atomic E-state index is 0.0436. The van der Waals surface area contributed by atoms with Gasteiger partial charge in [-0.3, -0.25) is 9.59 Å². The Kier molecular flexibility index (Phi) is 8.94. The van der Waals surface area contributed by atoms with Gasteiger partial charge < -0.3 is 11.1 Å². The first-order valence-electron chi connectivity index (χ1n) is 12.0. The molecule has 0 saturated carbocycles. The summed E-state index contributed by atoms with van der Waals surface area (Å²) < 4.78 is 30.6. The Labute approximate surface area is 232 Å². The predicted molar refractivity (Wildman–Crippen MR) is 149 cm³/mol. The van der Waals surface area contributed by atoms with E-state index in [1.165, 1.54) is 16.4 Å². The average Bonchev–Trinajstić information content (AvgIpc) is 3.21. The highest BCUT2D eigenvalue weighted by Crippen LogP contribution is 2.47. The lowest BCUT2D eigenvalue weighted by atomic mass is 9.87. The van der Waals surface area contributed by atoms with Gasteiger partial charge in [0.15, 0.2) is 0 Å². The van der Waals surface area contributed by atoms with Crippen LogP contribution in [0.2, 0.25) is 5.02 Å². The molecule has 3 atom stereocenters. The number of nitrogens with two attached hydrogens (primary N) is 1. The molecule has 0 saturated heterocycles. The molecule has 0 aliphatic carbocycles. The van der Waals surface area contributed by atoms with Gasteiger partial charge in [0.25, 0.3) is 0 Å². The van der Waals surface area contributed by atoms with Crippen LogP contribution in [-0.4, -0.2) is 36.6 Å². The quantitative estimate of drug-likeness (QED) is 0.428. The van der Waals surface area contributed by atoms with Gasteiger partial charge in [-0.1, -0.05) is 92.5 Å². The van der Waals surface area contributed by atoms with Gasteiger partial charge in [0.05, 0.1) is 11.1 Å². The highest BCUT2D eigenvalue weighted by Gasteiger charge is 2.50. The summed E-state index contributed by atoms with van der Waals surface area (Å²) in [5.74, 6) is -1.07. The lowest BCUT2D eigenvalue weighted by Gasteiger charge is -2.37. The number of nitrogens with one attached hydrogen (secondary N) is 1. The van der Waals surface area contributed by atoms with E-state index in [0.717, 1.165) is 4.47 Å². The number of sulfonamides is 1. The Hall–Kier alpha value is -2.20. The SMILES string of the molecule is CC(C)C[C@H](NC(=O)C1=C[C@@H](C(C)(C)C)N(S(=O)(=O)c2ccccc2Cl)[C@H]1c1ccc(Br)cc1)C(N)=O. The second kappa shape index (κ2) is 11.3. The zero-order chi connectivity index (χ0) is 27.7. The van der Waals surface area contributed by atoms with E-state index in [4.69, 9.17) is 17.3 Å². The number of amides is 2. The molecule has 0 radical (unpaired) electrons. The van der Waals surface area contributed by atoms with Crippen molar-refractivity contribution >= 4 is 49.4 Å². The van der Waals surface area contributed by atoms with Crippen molar-refractivity contribution in [1.82, 2.24) is 9.62 Å². The Morgan fingerprint density at radius 2 is 1.70 bits per heavy atom. The summed E-state index contributed by atoms with van der Waals surface area (Å²) in [6.45, 7) is 9.58. The summed E-state index contributed by atoms with van der Waals surface area (Å²) in [5, 5.41) is 2.85. The van der Waals surface area contributed by atoms with Crippen LogP contribution in [0.3, 0.4) is 0 Å². The minimum atomic E-state index is -4.17. The van der Waals surface area contributed by atoms with E-state index >= 15 is 0 Å². The van der Waals surface area contributed by atoms with Crippen molar-refractivity contribution in [2.24, 2.45) is 17.1 Å². The first-order chi connectivity index (χ1) is 17.1. The minimum Gasteiger partial charge on any atom is -0.368 e. The van der Waals surface area contributed by atoms with E-state index < -0.39 is 45.4 Å². The van der Waals surface area contributed by atoms with Crippen LogP contribution in [0.25, 0.3) is 0 Å². The highest BCUT2D eigenvalue weighted by molar-refractivity contribution is 9.10. The van der Waals surface area contributed by atoms with Gasteiger partial charge in [-0.15, -0.1) is 0 Å². The number of carbonyl (C=O) groups is 2. The summed E-state index contributed by atoms with van der Waals surface area (Å²) in [6, 6.07) is 10.9. The van der Waals surface area contributed by atoms with Crippen molar-refractivity contribution in [3.63, 3.8) is 0 Å². The second-order valence-corrected chi connectivity index (χ2v) is 13.8. The van der Waals surface area contributed by atoms with Crippen LogP contribution in [0.15, 0.2) is 69.5 Å². The molecule has 0 unspecified atom stereocenters. The van der Waals surface area contributed by atoms with Gasteiger partial charge in [-0.25, -0.2) is 8.42 Å². The Morgan fingerprint density at radius 1 is 1.11 bits per heavy atom. The molecule has 1 heterocycles. The second-order valence-electron chi connectivity index (χ2n) is 10.7. The third kappa shape index (κ3) is 6.45. The molecular weight excluding hydrogens is 578 g/mol. The first kappa shape index (κ1) is 29.4. The first-order valence-corrected chi connectivity index (χ1v) is 14.6. The maximum atomic E-state index is 14.2. The summed E-state index contributed by atoms with van der Waals surface area (Å²) in [6.07, 6.45) is 2.05. The molecule has 0 fully saturated rings. The van der Waals surface area contributed by atoms with E-state index in [0.29, 0.717) is 12.0 Å². The molecule has 2 aromatic rings. The maximum absolute atomic E-state index is 14.2. The van der Waals surface area contributed by atoms with Crippen LogP contribution < -0.4 is 11.1 Å². The van der Waals surface area contributed by atoms with Crippen molar-refractivity contribution in [3.05, 3.63) is 75.2 Å². The van der Waals surface area contributed by atoms with Crippen molar-refractivity contribution < 1.29 is 18.0 Å². The molecule has 0 aromatic heterocycles. The molecule has 1 aliphatic rings. The normalized spacial score (nSPS) is 19.5. The largest absolute Gasteiger partial charge is 0.368 e. The van der Waals surface area contributed by atoms with Crippen molar-refractivity contribution in [1.29, 1.82) is 0 Å². The van der Waals surface area contributed by atoms with Gasteiger partial charge in [0.1, 0.15) is 10.9 Å². The average molecular weight is 611 g/mol. The number of hydrogen-bond donors (Lipinski definition) is 2. The highest BCUT2D eigenvalue weighted by atomic mass is 79.9. The predicted octanol–water partition coefficient (Wildman–Crippen LogP) is 5.21. The molecule has 2 amide bonds. The monoisotopic (exact) mass is 609 g/mol. The van der Waals surface area contributed by atoms with Gasteiger partial charge >= 0.3 is 0 Å². The number of benzene rings is 2. The fourth-order valence-corrected chi connectivity index (χ4v) is 7.12. The van der Waals surface area contributed by atoms with Crippen LogP contribution in [0.1, 0.15) is 52.6 Å². The standard InChI is InChI=1S/C27H33BrClN3O4S/c1-16(2)14-21(25(30)33)31-26(34)19-15-23(27(3,4)5)32(24(19)17-10-12-18(28)13-11-17)37(35,36)22-9-7-6-8-20(22)29/h6-13,15-16,21,23-24H,14H2,1-5H3,(H2,30,33)(H,31,34)/t21-,23-,24-/m0/s1. The molecule has 0 spiro atoms. The Bertz CT molecular complexity index is 1300. The topological polar surface area (TPSA) is 110 Å². The van der Waals surface area contributed by atoms with Crippen LogP contribution >= 0.6 is 27.5 Å². The molecule has 7 nitrogen and oxygen atoms in total. The molecular formula is C27H33BrClN3O4S. The summed E-state index contributed by atoms with van der Waals surface area (Å²) in [7, 11) is -4.17. The van der Waals surface area contributed by atoms with Gasteiger partial charge in [0.2, 0.25) is 21.8 Å². The van der Waals surface area contributed by atoms with Crippen molar-refractivity contribution in [2.45, 2.75) is 64.1 Å². The van der Waals surface area contributed by atoms with Crippen LogP contribution in [0, 0.1) is 11.3 Å². The van der Waals surface area contributed by atoms with Crippen molar-refractivity contribution in [2.75, 3.05) is 0 Å². The van der Waals surface area contributed by atoms with E-state index in [1.807, 2.05) is 34.6 Å². The lowest BCUT2D eigenvalue weighted by Crippen LogP contribution is -2.47. The zero-order valence-corrected chi connectivity index (χ0v) is 24.7. The number of carbonyl (C=O) groups excluding carboxylic acids is 2. The number of hydrogen-bond acceptors (Lipinski definition) is 4. The molecule has 10 heteroatoms. The molecule has 1 aliphatic heterocycles. The lowest BCUT2D eigenvalue weighted by molar-refractivity contribution is -0.126. The zero-order valence-electron chi connectivity index (χ0n) is 21.5. The van der Waals surface area contributed by atoms with Crippen molar-refractivity contribution in [3.8, 4) is 0 Å². The molecule has 37 heavy (non-hydrogen) atoms. The maximum Gasteiger partial charge on any atom is 0.249 e. The van der Waals surface area contributed by atoms with E-state index in [-0.39, 0.29) is 21.4 Å². The van der Waals surface area contributed by atoms with E-state index in [1.54, 1.807) is 42.5 Å². The third-order valence-corrected chi connectivity index (χ3v) is 9.12.